The second-order valence-corrected chi connectivity index (χ2v) is 7.25. The summed E-state index contributed by atoms with van der Waals surface area (Å²) in [5.74, 6) is 0.303. The first-order chi connectivity index (χ1) is 16.8. The molecule has 0 aliphatic carbocycles. The third-order valence-electron chi connectivity index (χ3n) is 5.15. The minimum Gasteiger partial charge on any atom is -0.493 e. The average molecular weight is 477 g/mol. The molecule has 1 heterocycles. The van der Waals surface area contributed by atoms with Crippen LogP contribution < -0.4 is 23.7 Å². The summed E-state index contributed by atoms with van der Waals surface area (Å²) in [5, 5.41) is 10.8. The van der Waals surface area contributed by atoms with E-state index in [1.54, 1.807) is 0 Å². The summed E-state index contributed by atoms with van der Waals surface area (Å²) in [6, 6.07) is 13.0. The van der Waals surface area contributed by atoms with Crippen molar-refractivity contribution in [2.75, 3.05) is 21.3 Å². The van der Waals surface area contributed by atoms with Crippen molar-refractivity contribution in [1.29, 1.82) is 0 Å². The van der Waals surface area contributed by atoms with Gasteiger partial charge in [-0.15, -0.1) is 0 Å². The van der Waals surface area contributed by atoms with Gasteiger partial charge in [-0.05, 0) is 48.0 Å². The van der Waals surface area contributed by atoms with Gasteiger partial charge in [-0.25, -0.2) is 4.79 Å². The molecule has 0 saturated carbocycles. The third kappa shape index (κ3) is 4.62. The lowest BCUT2D eigenvalue weighted by molar-refractivity contribution is -0.384. The number of Topliss-reactive ketones (excluding diaryl/α,β-unsaturated/α-hetero) is 1. The first-order valence-electron chi connectivity index (χ1n) is 10.2. The van der Waals surface area contributed by atoms with Crippen LogP contribution in [-0.2, 0) is 0 Å². The van der Waals surface area contributed by atoms with Crippen LogP contribution in [0.1, 0.15) is 26.3 Å². The van der Waals surface area contributed by atoms with E-state index in [4.69, 9.17) is 23.7 Å². The van der Waals surface area contributed by atoms with Crippen LogP contribution in [0.15, 0.2) is 60.4 Å². The monoisotopic (exact) mass is 477 g/mol. The summed E-state index contributed by atoms with van der Waals surface area (Å²) in [6.07, 6.45) is 1.48. The smallest absolute Gasteiger partial charge is 0.343 e. The maximum absolute atomic E-state index is 12.8. The first-order valence-corrected chi connectivity index (χ1v) is 10.2. The molecule has 0 radical (unpaired) electrons. The van der Waals surface area contributed by atoms with E-state index in [-0.39, 0.29) is 34.3 Å². The average Bonchev–Trinajstić information content (AvgIpc) is 3.17. The highest BCUT2D eigenvalue weighted by Crippen LogP contribution is 2.39. The maximum atomic E-state index is 12.8. The molecule has 4 rings (SSSR count). The number of rotatable bonds is 7. The summed E-state index contributed by atoms with van der Waals surface area (Å²) in [7, 11) is 4.32. The Balaban J connectivity index is 1.55. The van der Waals surface area contributed by atoms with Crippen molar-refractivity contribution in [2.24, 2.45) is 0 Å². The van der Waals surface area contributed by atoms with Crippen molar-refractivity contribution in [3.8, 4) is 28.7 Å². The fraction of sp³-hybridized carbons (Fsp3) is 0.120. The third-order valence-corrected chi connectivity index (χ3v) is 5.15. The number of fused-ring (bicyclic) bond motifs is 1. The zero-order chi connectivity index (χ0) is 25.1. The number of methoxy groups -OCH3 is 3. The zero-order valence-corrected chi connectivity index (χ0v) is 18.9. The van der Waals surface area contributed by atoms with Gasteiger partial charge in [0.1, 0.15) is 11.5 Å². The maximum Gasteiger partial charge on any atom is 0.343 e. The van der Waals surface area contributed by atoms with Crippen LogP contribution in [0.5, 0.6) is 28.7 Å². The second-order valence-electron chi connectivity index (χ2n) is 7.25. The van der Waals surface area contributed by atoms with E-state index in [0.717, 1.165) is 0 Å². The van der Waals surface area contributed by atoms with E-state index in [9.17, 15) is 19.7 Å². The standard InChI is InChI=1S/C25H19NO9/c1-31-21-11-15(12-22(32-2)24(21)33-3)25(28)34-17-8-9-18-19(13-17)35-20(23(18)27)10-14-4-6-16(7-5-14)26(29)30/h4-13H,1-3H3/b20-10-. The van der Waals surface area contributed by atoms with Gasteiger partial charge in [0.05, 0.1) is 37.4 Å². The van der Waals surface area contributed by atoms with E-state index < -0.39 is 10.9 Å². The van der Waals surface area contributed by atoms with Gasteiger partial charge in [0.2, 0.25) is 11.5 Å². The molecule has 0 spiro atoms. The molecular weight excluding hydrogens is 458 g/mol. The number of non-ortho nitro benzene ring substituents is 1. The number of hydrogen-bond acceptors (Lipinski definition) is 9. The highest BCUT2D eigenvalue weighted by atomic mass is 16.6. The molecule has 178 valence electrons. The summed E-state index contributed by atoms with van der Waals surface area (Å²) in [4.78, 5) is 35.7. The fourth-order valence-corrected chi connectivity index (χ4v) is 3.44. The number of ketones is 1. The summed E-state index contributed by atoms with van der Waals surface area (Å²) >= 11 is 0. The van der Waals surface area contributed by atoms with E-state index >= 15 is 0 Å². The number of carbonyl (C=O) groups is 2. The number of benzene rings is 3. The van der Waals surface area contributed by atoms with Gasteiger partial charge in [0.15, 0.2) is 17.3 Å². The quantitative estimate of drug-likeness (QED) is 0.160. The number of allylic oxidation sites excluding steroid dienone is 1. The zero-order valence-electron chi connectivity index (χ0n) is 18.9. The van der Waals surface area contributed by atoms with E-state index in [0.29, 0.717) is 28.4 Å². The van der Waals surface area contributed by atoms with Crippen LogP contribution in [0.2, 0.25) is 0 Å². The highest BCUT2D eigenvalue weighted by Gasteiger charge is 2.28. The molecule has 0 N–H and O–H groups in total. The Bertz CT molecular complexity index is 1330. The number of ether oxygens (including phenoxy) is 5. The van der Waals surface area contributed by atoms with Crippen molar-refractivity contribution in [3.05, 3.63) is 87.2 Å². The van der Waals surface area contributed by atoms with Crippen molar-refractivity contribution < 1.29 is 38.2 Å². The lowest BCUT2D eigenvalue weighted by Gasteiger charge is -2.13. The van der Waals surface area contributed by atoms with E-state index in [1.807, 2.05) is 0 Å². The molecule has 35 heavy (non-hydrogen) atoms. The van der Waals surface area contributed by atoms with Crippen molar-refractivity contribution in [1.82, 2.24) is 0 Å². The van der Waals surface area contributed by atoms with Crippen LogP contribution in [-0.4, -0.2) is 38.0 Å². The molecule has 10 nitrogen and oxygen atoms in total. The summed E-state index contributed by atoms with van der Waals surface area (Å²) < 4.78 is 26.9. The Morgan fingerprint density at radius 2 is 1.60 bits per heavy atom. The number of esters is 1. The molecule has 1 aliphatic rings. The largest absolute Gasteiger partial charge is 0.493 e. The summed E-state index contributed by atoms with van der Waals surface area (Å²) in [5.41, 5.74) is 0.954. The predicted octanol–water partition coefficient (Wildman–Crippen LogP) is 4.46. The Morgan fingerprint density at radius 3 is 2.17 bits per heavy atom. The lowest BCUT2D eigenvalue weighted by Crippen LogP contribution is -2.09. The molecule has 0 bridgehead atoms. The molecule has 0 unspecified atom stereocenters. The van der Waals surface area contributed by atoms with Crippen LogP contribution in [0.4, 0.5) is 5.69 Å². The fourth-order valence-electron chi connectivity index (χ4n) is 3.44. The van der Waals surface area contributed by atoms with E-state index in [1.165, 1.54) is 82.0 Å². The number of hydrogen-bond donors (Lipinski definition) is 0. The molecule has 0 aromatic heterocycles. The number of carbonyl (C=O) groups excluding carboxylic acids is 2. The predicted molar refractivity (Wildman–Crippen MR) is 124 cm³/mol. The van der Waals surface area contributed by atoms with Gasteiger partial charge < -0.3 is 23.7 Å². The molecular formula is C25H19NO9. The minimum absolute atomic E-state index is 0.0435. The molecule has 10 heteroatoms. The van der Waals surface area contributed by atoms with Crippen LogP contribution in [0.3, 0.4) is 0 Å². The SMILES string of the molecule is COc1cc(C(=O)Oc2ccc3c(c2)O/C(=C\c2ccc([N+](=O)[O-])cc2)C3=O)cc(OC)c1OC. The second kappa shape index (κ2) is 9.56. The van der Waals surface area contributed by atoms with Gasteiger partial charge in [-0.1, -0.05) is 0 Å². The molecule has 1 aliphatic heterocycles. The van der Waals surface area contributed by atoms with Gasteiger partial charge in [0.25, 0.3) is 5.69 Å². The molecule has 0 saturated heterocycles. The van der Waals surface area contributed by atoms with Gasteiger partial charge in [-0.3, -0.25) is 14.9 Å². The Morgan fingerprint density at radius 1 is 0.943 bits per heavy atom. The van der Waals surface area contributed by atoms with Crippen molar-refractivity contribution in [3.63, 3.8) is 0 Å². The van der Waals surface area contributed by atoms with Crippen LogP contribution in [0.25, 0.3) is 6.08 Å². The van der Waals surface area contributed by atoms with Crippen LogP contribution >= 0.6 is 0 Å². The topological polar surface area (TPSA) is 123 Å². The van der Waals surface area contributed by atoms with Crippen molar-refractivity contribution >= 4 is 23.5 Å². The normalized spacial score (nSPS) is 13.1. The Labute approximate surface area is 199 Å². The molecule has 0 fully saturated rings. The Kier molecular flexibility index (Phi) is 6.36. The number of nitrogens with zero attached hydrogens (tertiary/aromatic N) is 1. The summed E-state index contributed by atoms with van der Waals surface area (Å²) in [6.45, 7) is 0. The van der Waals surface area contributed by atoms with E-state index in [2.05, 4.69) is 0 Å². The Hall–Kier alpha value is -4.86. The van der Waals surface area contributed by atoms with Crippen LogP contribution in [0, 0.1) is 10.1 Å². The highest BCUT2D eigenvalue weighted by molar-refractivity contribution is 6.14. The van der Waals surface area contributed by atoms with Gasteiger partial charge in [-0.2, -0.15) is 0 Å². The lowest BCUT2D eigenvalue weighted by atomic mass is 10.1. The molecule has 3 aromatic rings. The number of nitro benzene ring substituents is 1. The molecule has 3 aromatic carbocycles. The molecule has 0 atom stereocenters. The molecule has 0 amide bonds. The minimum atomic E-state index is -0.685. The van der Waals surface area contributed by atoms with Gasteiger partial charge in [0, 0.05) is 18.2 Å². The number of nitro groups is 1. The first kappa shape index (κ1) is 23.3. The van der Waals surface area contributed by atoms with Gasteiger partial charge >= 0.3 is 5.97 Å². The van der Waals surface area contributed by atoms with Crippen molar-refractivity contribution in [2.45, 2.75) is 0 Å².